The predicted molar refractivity (Wildman–Crippen MR) is 89.8 cm³/mol. The van der Waals surface area contributed by atoms with E-state index in [1.807, 2.05) is 7.05 Å². The lowest BCUT2D eigenvalue weighted by Gasteiger charge is -2.20. The van der Waals surface area contributed by atoms with Gasteiger partial charge >= 0.3 is 0 Å². The zero-order chi connectivity index (χ0) is 15.0. The third-order valence-electron chi connectivity index (χ3n) is 3.60. The van der Waals surface area contributed by atoms with Crippen molar-refractivity contribution in [2.45, 2.75) is 20.4 Å². The number of nitrogens with zero attached hydrogens (tertiary/aromatic N) is 3. The van der Waals surface area contributed by atoms with Gasteiger partial charge < -0.3 is 10.2 Å². The maximum absolute atomic E-state index is 4.79. The summed E-state index contributed by atoms with van der Waals surface area (Å²) in [6.07, 6.45) is 2.08. The largest absolute Gasteiger partial charge is 0.328 e. The minimum Gasteiger partial charge on any atom is -0.328 e. The lowest BCUT2D eigenvalue weighted by atomic mass is 10.1. The third-order valence-corrected chi connectivity index (χ3v) is 4.35. The van der Waals surface area contributed by atoms with Crippen LogP contribution in [0.4, 0.5) is 11.5 Å². The van der Waals surface area contributed by atoms with Crippen molar-refractivity contribution in [3.05, 3.63) is 46.6 Å². The highest BCUT2D eigenvalue weighted by molar-refractivity contribution is 7.15. The second-order valence-electron chi connectivity index (χ2n) is 5.37. The second kappa shape index (κ2) is 5.50. The average Bonchev–Trinajstić information content (AvgIpc) is 3.00. The van der Waals surface area contributed by atoms with E-state index in [1.165, 1.54) is 22.5 Å². The van der Waals surface area contributed by atoms with Crippen molar-refractivity contribution in [2.75, 3.05) is 19.0 Å². The van der Waals surface area contributed by atoms with Gasteiger partial charge in [0.05, 0.1) is 5.69 Å². The van der Waals surface area contributed by atoms with Gasteiger partial charge in [-0.2, -0.15) is 0 Å². The van der Waals surface area contributed by atoms with Crippen LogP contribution in [0, 0.1) is 13.8 Å². The molecule has 0 radical (unpaired) electrons. The summed E-state index contributed by atoms with van der Waals surface area (Å²) >= 11 is 1.66. The molecule has 2 aromatic heterocycles. The molecule has 4 nitrogen and oxygen atoms in total. The number of nitrogens with one attached hydrogen (secondary N) is 1. The summed E-state index contributed by atoms with van der Waals surface area (Å²) in [4.78, 5) is 8.00. The van der Waals surface area contributed by atoms with E-state index in [4.69, 9.17) is 4.98 Å². The van der Waals surface area contributed by atoms with Crippen molar-refractivity contribution in [2.24, 2.45) is 0 Å². The van der Waals surface area contributed by atoms with Crippen LogP contribution in [-0.4, -0.2) is 23.5 Å². The SMILES string of the molecule is CNCc1c(N(C)c2cc(C)cc(C)c2)nc2sccn12. The fourth-order valence-corrected chi connectivity index (χ4v) is 3.42. The van der Waals surface area contributed by atoms with Gasteiger partial charge in [0.25, 0.3) is 0 Å². The average molecular weight is 300 g/mol. The van der Waals surface area contributed by atoms with Gasteiger partial charge in [-0.3, -0.25) is 4.40 Å². The summed E-state index contributed by atoms with van der Waals surface area (Å²) in [6, 6.07) is 6.59. The summed E-state index contributed by atoms with van der Waals surface area (Å²) in [6.45, 7) is 5.05. The molecule has 0 aliphatic carbocycles. The second-order valence-corrected chi connectivity index (χ2v) is 6.25. The number of aryl methyl sites for hydroxylation is 2. The smallest absolute Gasteiger partial charge is 0.195 e. The van der Waals surface area contributed by atoms with E-state index >= 15 is 0 Å². The number of rotatable bonds is 4. The number of anilines is 2. The molecule has 5 heteroatoms. The fraction of sp³-hybridized carbons (Fsp3) is 0.312. The molecule has 0 spiro atoms. The fourth-order valence-electron chi connectivity index (χ4n) is 2.69. The van der Waals surface area contributed by atoms with E-state index in [0.29, 0.717) is 0 Å². The maximum atomic E-state index is 4.79. The van der Waals surface area contributed by atoms with Crippen LogP contribution < -0.4 is 10.2 Å². The highest BCUT2D eigenvalue weighted by Crippen LogP contribution is 2.30. The molecule has 1 N–H and O–H groups in total. The summed E-state index contributed by atoms with van der Waals surface area (Å²) in [5.41, 5.74) is 4.91. The molecule has 0 fully saturated rings. The Morgan fingerprint density at radius 3 is 2.62 bits per heavy atom. The van der Waals surface area contributed by atoms with Crippen LogP contribution in [0.5, 0.6) is 0 Å². The molecule has 0 aliphatic rings. The Balaban J connectivity index is 2.09. The quantitative estimate of drug-likeness (QED) is 0.800. The highest BCUT2D eigenvalue weighted by Gasteiger charge is 2.17. The molecular formula is C16H20N4S. The molecule has 0 saturated heterocycles. The number of hydrogen-bond acceptors (Lipinski definition) is 4. The van der Waals surface area contributed by atoms with Gasteiger partial charge in [-0.1, -0.05) is 6.07 Å². The highest BCUT2D eigenvalue weighted by atomic mass is 32.1. The summed E-state index contributed by atoms with van der Waals surface area (Å²) in [5, 5.41) is 5.31. The summed E-state index contributed by atoms with van der Waals surface area (Å²) in [5.74, 6) is 1.02. The van der Waals surface area contributed by atoms with Crippen LogP contribution in [0.25, 0.3) is 4.96 Å². The van der Waals surface area contributed by atoms with Crippen molar-refractivity contribution < 1.29 is 0 Å². The molecule has 110 valence electrons. The monoisotopic (exact) mass is 300 g/mol. The maximum Gasteiger partial charge on any atom is 0.195 e. The normalized spacial score (nSPS) is 11.2. The molecular weight excluding hydrogens is 280 g/mol. The van der Waals surface area contributed by atoms with Crippen LogP contribution in [0.2, 0.25) is 0 Å². The number of thiazole rings is 1. The van der Waals surface area contributed by atoms with Crippen molar-refractivity contribution in [1.29, 1.82) is 0 Å². The molecule has 0 atom stereocenters. The minimum atomic E-state index is 0.794. The predicted octanol–water partition coefficient (Wildman–Crippen LogP) is 3.50. The minimum absolute atomic E-state index is 0.794. The molecule has 0 bridgehead atoms. The van der Waals surface area contributed by atoms with Crippen LogP contribution in [-0.2, 0) is 6.54 Å². The lowest BCUT2D eigenvalue weighted by Crippen LogP contribution is -2.16. The van der Waals surface area contributed by atoms with E-state index < -0.39 is 0 Å². The molecule has 0 aliphatic heterocycles. The Kier molecular flexibility index (Phi) is 3.69. The van der Waals surface area contributed by atoms with E-state index in [9.17, 15) is 0 Å². The van der Waals surface area contributed by atoms with Gasteiger partial charge in [0.2, 0.25) is 0 Å². The Bertz CT molecular complexity index is 752. The Hall–Kier alpha value is -1.85. The molecule has 2 heterocycles. The standard InChI is InChI=1S/C16H20N4S/c1-11-7-12(2)9-13(8-11)19(4)15-14(10-17-3)20-5-6-21-16(20)18-15/h5-9,17H,10H2,1-4H3. The van der Waals surface area contributed by atoms with Crippen LogP contribution >= 0.6 is 11.3 Å². The Morgan fingerprint density at radius 2 is 1.95 bits per heavy atom. The Morgan fingerprint density at radius 1 is 1.24 bits per heavy atom. The molecule has 21 heavy (non-hydrogen) atoms. The number of hydrogen-bond donors (Lipinski definition) is 1. The first-order valence-corrected chi connectivity index (χ1v) is 7.89. The van der Waals surface area contributed by atoms with Crippen molar-refractivity contribution in [3.8, 4) is 0 Å². The van der Waals surface area contributed by atoms with Gasteiger partial charge in [-0.05, 0) is 44.2 Å². The summed E-state index contributed by atoms with van der Waals surface area (Å²) in [7, 11) is 4.05. The molecule has 0 saturated carbocycles. The molecule has 0 amide bonds. The first kappa shape index (κ1) is 14.1. The van der Waals surface area contributed by atoms with Crippen LogP contribution in [0.3, 0.4) is 0 Å². The summed E-state index contributed by atoms with van der Waals surface area (Å²) < 4.78 is 2.16. The number of fused-ring (bicyclic) bond motifs is 1. The van der Waals surface area contributed by atoms with E-state index in [0.717, 1.165) is 17.3 Å². The first-order valence-electron chi connectivity index (χ1n) is 7.01. The lowest BCUT2D eigenvalue weighted by molar-refractivity contribution is 0.782. The Labute approximate surface area is 129 Å². The number of benzene rings is 1. The number of aromatic nitrogens is 2. The van der Waals surface area contributed by atoms with E-state index in [-0.39, 0.29) is 0 Å². The third kappa shape index (κ3) is 2.54. The first-order chi connectivity index (χ1) is 10.1. The van der Waals surface area contributed by atoms with Gasteiger partial charge in [0, 0.05) is 30.9 Å². The van der Waals surface area contributed by atoms with Gasteiger partial charge in [0.15, 0.2) is 10.8 Å². The van der Waals surface area contributed by atoms with Crippen molar-refractivity contribution >= 4 is 27.8 Å². The van der Waals surface area contributed by atoms with E-state index in [1.54, 1.807) is 11.3 Å². The van der Waals surface area contributed by atoms with Gasteiger partial charge in [0.1, 0.15) is 0 Å². The molecule has 3 rings (SSSR count). The van der Waals surface area contributed by atoms with Gasteiger partial charge in [-0.25, -0.2) is 4.98 Å². The van der Waals surface area contributed by atoms with Crippen LogP contribution in [0.15, 0.2) is 29.8 Å². The molecule has 0 unspecified atom stereocenters. The molecule has 1 aromatic carbocycles. The van der Waals surface area contributed by atoms with Crippen molar-refractivity contribution in [1.82, 2.24) is 14.7 Å². The molecule has 3 aromatic rings. The zero-order valence-electron chi connectivity index (χ0n) is 12.8. The zero-order valence-corrected chi connectivity index (χ0v) is 13.7. The van der Waals surface area contributed by atoms with Gasteiger partial charge in [-0.15, -0.1) is 11.3 Å². The van der Waals surface area contributed by atoms with E-state index in [2.05, 4.69) is 65.3 Å². The number of imidazole rings is 1. The van der Waals surface area contributed by atoms with Crippen LogP contribution in [0.1, 0.15) is 16.8 Å². The van der Waals surface area contributed by atoms with Crippen molar-refractivity contribution in [3.63, 3.8) is 0 Å². The topological polar surface area (TPSA) is 32.6 Å².